The van der Waals surface area contributed by atoms with Crippen LogP contribution in [0.4, 0.5) is 17.6 Å². The van der Waals surface area contributed by atoms with Gasteiger partial charge in [0.15, 0.2) is 0 Å². The van der Waals surface area contributed by atoms with Gasteiger partial charge in [0.25, 0.3) is 12.2 Å². The van der Waals surface area contributed by atoms with Gasteiger partial charge >= 0.3 is 0 Å². The first-order valence-electron chi connectivity index (χ1n) is 50.3. The summed E-state index contributed by atoms with van der Waals surface area (Å²) in [6.45, 7) is 37.2. The molecule has 0 N–H and O–H groups in total. The lowest BCUT2D eigenvalue weighted by molar-refractivity contribution is 0.347. The lowest BCUT2D eigenvalue weighted by Crippen LogP contribution is -2.25. The van der Waals surface area contributed by atoms with E-state index in [1.165, 1.54) is 261 Å². The molecule has 0 aromatic heterocycles. The summed E-state index contributed by atoms with van der Waals surface area (Å²) in [6, 6.07) is 77.1. The van der Waals surface area contributed by atoms with Crippen LogP contribution in [0, 0.1) is 69.2 Å². The molecule has 0 saturated heterocycles. The molecule has 4 aliphatic rings. The maximum Gasteiger partial charge on any atom is 0.269 e. The van der Waals surface area contributed by atoms with Crippen LogP contribution in [-0.4, -0.2) is 13.2 Å². The normalized spacial score (nSPS) is 12.5. The van der Waals surface area contributed by atoms with Gasteiger partial charge in [0.2, 0.25) is 0 Å². The molecule has 0 amide bonds. The molecule has 0 spiro atoms. The maximum absolute atomic E-state index is 12.5. The van der Waals surface area contributed by atoms with E-state index in [9.17, 15) is 17.6 Å². The maximum atomic E-state index is 12.5. The van der Waals surface area contributed by atoms with E-state index in [0.717, 1.165) is 97.6 Å². The quantitative estimate of drug-likeness (QED) is 0.0127. The molecule has 0 radical (unpaired) electrons. The molecule has 135 heavy (non-hydrogen) atoms. The Bertz CT molecular complexity index is 6430. The van der Waals surface area contributed by atoms with Crippen molar-refractivity contribution in [3.8, 4) is 33.8 Å². The Morgan fingerprint density at radius 1 is 0.296 bits per heavy atom. The van der Waals surface area contributed by atoms with Crippen LogP contribution < -0.4 is 9.47 Å². The zero-order chi connectivity index (χ0) is 95.1. The van der Waals surface area contributed by atoms with Crippen molar-refractivity contribution < 1.29 is 27.0 Å². The van der Waals surface area contributed by atoms with Gasteiger partial charge in [-0.2, -0.15) is 17.6 Å². The second kappa shape index (κ2) is 47.6. The van der Waals surface area contributed by atoms with Gasteiger partial charge < -0.3 is 9.47 Å². The number of aryl methyl sites for hydroxylation is 22. The van der Waals surface area contributed by atoms with E-state index in [-0.39, 0.29) is 12.0 Å². The fourth-order valence-electron chi connectivity index (χ4n) is 21.3. The summed E-state index contributed by atoms with van der Waals surface area (Å²) in [6.07, 6.45) is 41.3. The highest BCUT2D eigenvalue weighted by molar-refractivity contribution is 6.11. The third-order valence-corrected chi connectivity index (χ3v) is 29.0. The molecule has 0 saturated carbocycles. The van der Waals surface area contributed by atoms with Crippen LogP contribution in [0.25, 0.3) is 76.1 Å². The molecule has 0 atom stereocenters. The van der Waals surface area contributed by atoms with E-state index in [1.807, 2.05) is 56.3 Å². The monoisotopic (exact) mass is 1800 g/mol. The molecule has 0 heterocycles. The number of hydrogen-bond acceptors (Lipinski definition) is 2. The summed E-state index contributed by atoms with van der Waals surface area (Å²) < 4.78 is 60.5. The average Bonchev–Trinajstić information content (AvgIpc) is 1.57. The third kappa shape index (κ3) is 24.9. The van der Waals surface area contributed by atoms with Gasteiger partial charge in [0.05, 0.1) is 0 Å². The number of rotatable bonds is 37. The van der Waals surface area contributed by atoms with E-state index in [0.29, 0.717) is 18.8 Å². The Morgan fingerprint density at radius 3 is 1.15 bits per heavy atom. The standard InChI is InChI=1S/C34H42.C28H34.C25H28F2.C24H20.C18H18F2O2/c1-25-21-32(12-8-4-6-10-28-14-16-30-18-20-34(30)24-28)26(2)22-31(25)11-7-3-5-9-27-13-15-29-17-19-33(29)23-27;1-5-7-9-11-13-23-24(14-12-10-8-6-2)28-20-22(4)16-18-26(28)25-17-15-21(3)19-27(23)25;1-4-5-7-14-25(15-8-6-9-24(26)27)22-16-18(2)10-12-20(22)21-13-11-19(3)17-23(21)25;1-15-21-5-3-4-6-22(21)16(2)24-14-20(11-12-23(15)24)19-10-8-17-7-9-18(17)13-19;1-4-6-21-16-10-12(2)9-15-14(16)8-13(3)11-17(15)22-7-5-18(19)20/h13-16,21-24H,3-12,17-20H2,1-2H3;5-6,15-20H,1-2,7-14H2,3-4H3;4,9-13,16-17H,1,5-8,14-15H2,2-3H3;3-6,8,10-14H,7,9H2,1-2H3;4-5,8-11H,1,6-7H2,2-3H3. The molecule has 0 fully saturated rings. The lowest BCUT2D eigenvalue weighted by atomic mass is 9.70. The second-order valence-electron chi connectivity index (χ2n) is 39.0. The minimum absolute atomic E-state index is 0.0909. The highest BCUT2D eigenvalue weighted by atomic mass is 19.3. The molecule has 4 aliphatic carbocycles. The van der Waals surface area contributed by atoms with Crippen LogP contribution in [0.1, 0.15) is 249 Å². The Hall–Kier alpha value is -11.9. The van der Waals surface area contributed by atoms with Crippen LogP contribution in [0.3, 0.4) is 0 Å². The Balaban J connectivity index is 0.000000136. The Morgan fingerprint density at radius 2 is 0.689 bits per heavy atom. The summed E-state index contributed by atoms with van der Waals surface area (Å²) in [7, 11) is 0. The topological polar surface area (TPSA) is 18.5 Å². The van der Waals surface area contributed by atoms with Crippen LogP contribution in [0.2, 0.25) is 0 Å². The molecule has 0 unspecified atom stereocenters. The van der Waals surface area contributed by atoms with E-state index < -0.39 is 12.2 Å². The molecular weight excluding hydrogens is 1660 g/mol. The molecule has 14 aromatic carbocycles. The van der Waals surface area contributed by atoms with Crippen molar-refractivity contribution in [2.45, 2.75) is 267 Å². The molecular formula is C129H142F4O2. The van der Waals surface area contributed by atoms with Crippen LogP contribution in [-0.2, 0) is 82.5 Å². The zero-order valence-electron chi connectivity index (χ0n) is 82.4. The van der Waals surface area contributed by atoms with Crippen molar-refractivity contribution in [3.63, 3.8) is 0 Å². The van der Waals surface area contributed by atoms with Crippen LogP contribution in [0.5, 0.6) is 11.5 Å². The van der Waals surface area contributed by atoms with E-state index in [1.54, 1.807) is 61.7 Å². The highest BCUT2D eigenvalue weighted by Gasteiger charge is 2.42. The molecule has 18 rings (SSSR count). The minimum Gasteiger partial charge on any atom is -0.489 e. The van der Waals surface area contributed by atoms with Gasteiger partial charge in [-0.25, -0.2) is 0 Å². The van der Waals surface area contributed by atoms with Gasteiger partial charge in [-0.1, -0.05) is 242 Å². The van der Waals surface area contributed by atoms with Crippen LogP contribution in [0.15, 0.2) is 281 Å². The summed E-state index contributed by atoms with van der Waals surface area (Å²) in [5.41, 5.74) is 39.7. The van der Waals surface area contributed by atoms with Crippen molar-refractivity contribution in [1.82, 2.24) is 0 Å². The van der Waals surface area contributed by atoms with E-state index in [4.69, 9.17) is 9.47 Å². The zero-order valence-corrected chi connectivity index (χ0v) is 82.4. The smallest absolute Gasteiger partial charge is 0.269 e. The summed E-state index contributed by atoms with van der Waals surface area (Å²) in [5, 5.41) is 13.0. The van der Waals surface area contributed by atoms with E-state index >= 15 is 0 Å². The summed E-state index contributed by atoms with van der Waals surface area (Å²) in [5.74, 6) is 1.30. The van der Waals surface area contributed by atoms with Gasteiger partial charge in [-0.15, -0.1) is 19.7 Å². The predicted octanol–water partition coefficient (Wildman–Crippen LogP) is 36.3. The largest absolute Gasteiger partial charge is 0.489 e. The molecule has 698 valence electrons. The van der Waals surface area contributed by atoms with Crippen molar-refractivity contribution in [2.24, 2.45) is 0 Å². The number of halogens is 4. The van der Waals surface area contributed by atoms with Crippen molar-refractivity contribution in [3.05, 3.63) is 415 Å². The number of fused-ring (bicyclic) bond motifs is 12. The summed E-state index contributed by atoms with van der Waals surface area (Å²) in [4.78, 5) is 0. The fraction of sp³-hybridized carbons (Fsp3) is 0.333. The molecule has 6 heteroatoms. The third-order valence-electron chi connectivity index (χ3n) is 29.0. The summed E-state index contributed by atoms with van der Waals surface area (Å²) >= 11 is 0. The van der Waals surface area contributed by atoms with Gasteiger partial charge in [-0.05, 0) is 462 Å². The number of ether oxygens (including phenoxy) is 2. The first kappa shape index (κ1) is 99.1. The first-order chi connectivity index (χ1) is 65.5. The molecule has 0 aliphatic heterocycles. The number of hydrogen-bond donors (Lipinski definition) is 0. The minimum atomic E-state index is -1.75. The predicted molar refractivity (Wildman–Crippen MR) is 572 cm³/mol. The molecule has 14 aromatic rings. The molecule has 0 bridgehead atoms. The van der Waals surface area contributed by atoms with Crippen molar-refractivity contribution in [2.75, 3.05) is 13.2 Å². The Kier molecular flexibility index (Phi) is 34.9. The lowest BCUT2D eigenvalue weighted by Gasteiger charge is -2.33. The Labute approximate surface area is 804 Å². The fourth-order valence-corrected chi connectivity index (χ4v) is 21.3. The van der Waals surface area contributed by atoms with Crippen molar-refractivity contribution in [1.29, 1.82) is 0 Å². The molecule has 2 nitrogen and oxygen atoms in total. The van der Waals surface area contributed by atoms with Gasteiger partial charge in [0, 0.05) is 22.3 Å². The highest BCUT2D eigenvalue weighted by Crippen LogP contribution is 2.55. The number of allylic oxidation sites excluding steroid dienone is 4. The van der Waals surface area contributed by atoms with Crippen LogP contribution >= 0.6 is 0 Å². The SMILES string of the molecule is C=CCCCC1(CCCC=C(F)F)c2cc(C)ccc2-c2ccc(C)cc21.C=CCCCCc1c(CCCCC=C)c2cc(C)ccc2c2ccc(C)cc12.C=CCOc1cc(C)cc2c(OCC=C(F)F)cc(C)cc12.Cc1c2ccccc2c(C)c2cc(-c3ccc4c(c3)CC4)ccc12.Cc1cc(CCCCCc2ccc3c(c2)CC3)c(C)cc1CCCCCc1ccc2c(c1)CC2. The van der Waals surface area contributed by atoms with Gasteiger partial charge in [0.1, 0.15) is 24.7 Å². The van der Waals surface area contributed by atoms with Gasteiger partial charge in [-0.3, -0.25) is 0 Å². The first-order valence-corrected chi connectivity index (χ1v) is 50.3. The van der Waals surface area contributed by atoms with E-state index in [2.05, 4.69) is 264 Å². The number of benzene rings is 14. The number of unbranched alkanes of at least 4 members (excludes halogenated alkanes) is 10. The van der Waals surface area contributed by atoms with Crippen molar-refractivity contribution >= 4 is 53.9 Å². The second-order valence-corrected chi connectivity index (χ2v) is 39.0. The average molecular weight is 1800 g/mol.